The van der Waals surface area contributed by atoms with Crippen molar-refractivity contribution >= 4 is 17.9 Å². The van der Waals surface area contributed by atoms with Crippen LogP contribution in [-0.4, -0.2) is 37.2 Å². The van der Waals surface area contributed by atoms with Gasteiger partial charge in [-0.25, -0.2) is 0 Å². The molecule has 0 aliphatic rings. The fourth-order valence-corrected chi connectivity index (χ4v) is 6.17. The molecule has 0 aliphatic carbocycles. The summed E-state index contributed by atoms with van der Waals surface area (Å²) in [5.74, 6) is -0.939. The first kappa shape index (κ1) is 53.9. The molecule has 0 aliphatic heterocycles. The van der Waals surface area contributed by atoms with E-state index in [1.807, 2.05) is 0 Å². The average molecular weight is 795 g/mol. The predicted octanol–water partition coefficient (Wildman–Crippen LogP) is 15.1. The molecule has 6 heteroatoms. The third-order valence-electron chi connectivity index (χ3n) is 9.70. The Bertz CT molecular complexity index is 1100. The molecular formula is C51H86O6. The van der Waals surface area contributed by atoms with Crippen LogP contribution in [0.25, 0.3) is 0 Å². The van der Waals surface area contributed by atoms with Gasteiger partial charge in [-0.3, -0.25) is 14.4 Å². The molecule has 0 saturated heterocycles. The van der Waals surface area contributed by atoms with Crippen LogP contribution in [-0.2, 0) is 28.6 Å². The predicted molar refractivity (Wildman–Crippen MR) is 242 cm³/mol. The van der Waals surface area contributed by atoms with Crippen LogP contribution in [0.4, 0.5) is 0 Å². The molecule has 0 fully saturated rings. The van der Waals surface area contributed by atoms with Gasteiger partial charge in [0.25, 0.3) is 0 Å². The minimum atomic E-state index is -0.788. The van der Waals surface area contributed by atoms with E-state index >= 15 is 0 Å². The Morgan fingerprint density at radius 3 is 1.11 bits per heavy atom. The molecule has 326 valence electrons. The van der Waals surface area contributed by atoms with Crippen LogP contribution in [0, 0.1) is 0 Å². The third-order valence-corrected chi connectivity index (χ3v) is 9.70. The number of hydrogen-bond donors (Lipinski definition) is 0. The second kappa shape index (κ2) is 45.6. The highest BCUT2D eigenvalue weighted by molar-refractivity contribution is 5.71. The van der Waals surface area contributed by atoms with Crippen LogP contribution in [0.3, 0.4) is 0 Å². The smallest absolute Gasteiger partial charge is 0.306 e. The summed E-state index contributed by atoms with van der Waals surface area (Å²) >= 11 is 0. The molecule has 0 N–H and O–H groups in total. The number of esters is 3. The molecule has 0 bridgehead atoms. The minimum absolute atomic E-state index is 0.0895. The number of hydrogen-bond acceptors (Lipinski definition) is 6. The normalized spacial score (nSPS) is 12.7. The van der Waals surface area contributed by atoms with E-state index in [1.165, 1.54) is 51.4 Å². The molecule has 1 unspecified atom stereocenters. The molecule has 57 heavy (non-hydrogen) atoms. The lowest BCUT2D eigenvalue weighted by atomic mass is 10.1. The van der Waals surface area contributed by atoms with Crippen molar-refractivity contribution in [1.82, 2.24) is 0 Å². The fraction of sp³-hybridized carbons (Fsp3) is 0.706. The SMILES string of the molecule is CC/C=C\C/C=C\C/C=C\C/C=C\CCCCCCC(=O)OCC(COC(=O)CCCCCCCCC)OC(=O)CCCCCCC/C=C\C/C=C\CCCCC. The van der Waals surface area contributed by atoms with Gasteiger partial charge in [0, 0.05) is 19.3 Å². The van der Waals surface area contributed by atoms with Crippen LogP contribution in [0.2, 0.25) is 0 Å². The molecule has 1 atom stereocenters. The molecular weight excluding hydrogens is 709 g/mol. The standard InChI is InChI=1S/C51H86O6/c1-4-7-10-13-16-18-20-22-24-25-27-28-30-32-35-38-41-44-50(53)56-47-48(46-55-49(52)43-40-37-34-15-12-9-6-3)57-51(54)45-42-39-36-33-31-29-26-23-21-19-17-14-11-8-5-2/h7,10,16-19,22-24,26-28,48H,4-6,8-9,11-15,20-21,25,29-47H2,1-3H3/b10-7-,18-16-,19-17-,24-22-,26-23-,28-27-. The minimum Gasteiger partial charge on any atom is -0.462 e. The van der Waals surface area contributed by atoms with E-state index in [0.29, 0.717) is 19.3 Å². The summed E-state index contributed by atoms with van der Waals surface area (Å²) in [6.07, 6.45) is 56.1. The van der Waals surface area contributed by atoms with Gasteiger partial charge in [0.2, 0.25) is 0 Å². The van der Waals surface area contributed by atoms with E-state index in [0.717, 1.165) is 122 Å². The lowest BCUT2D eigenvalue weighted by Crippen LogP contribution is -2.30. The van der Waals surface area contributed by atoms with Crippen LogP contribution in [0.1, 0.15) is 213 Å². The first-order chi connectivity index (χ1) is 28.0. The van der Waals surface area contributed by atoms with E-state index in [2.05, 4.69) is 93.7 Å². The maximum absolute atomic E-state index is 12.7. The topological polar surface area (TPSA) is 78.9 Å². The van der Waals surface area contributed by atoms with E-state index in [-0.39, 0.29) is 31.1 Å². The molecule has 0 amide bonds. The number of allylic oxidation sites excluding steroid dienone is 12. The third kappa shape index (κ3) is 43.8. The van der Waals surface area contributed by atoms with Crippen molar-refractivity contribution in [3.8, 4) is 0 Å². The van der Waals surface area contributed by atoms with Gasteiger partial charge < -0.3 is 14.2 Å². The zero-order chi connectivity index (χ0) is 41.5. The molecule has 0 saturated carbocycles. The maximum Gasteiger partial charge on any atom is 0.306 e. The molecule has 0 rings (SSSR count). The fourth-order valence-electron chi connectivity index (χ4n) is 6.17. The number of carbonyl (C=O) groups is 3. The molecule has 6 nitrogen and oxygen atoms in total. The monoisotopic (exact) mass is 795 g/mol. The molecule has 0 spiro atoms. The van der Waals surface area contributed by atoms with Gasteiger partial charge in [-0.15, -0.1) is 0 Å². The molecule has 0 aromatic carbocycles. The van der Waals surface area contributed by atoms with E-state index < -0.39 is 6.10 Å². The summed E-state index contributed by atoms with van der Waals surface area (Å²) in [4.78, 5) is 37.7. The molecule has 0 aromatic heterocycles. The summed E-state index contributed by atoms with van der Waals surface area (Å²) in [5.41, 5.74) is 0. The quantitative estimate of drug-likeness (QED) is 0.0265. The Balaban J connectivity index is 4.38. The highest BCUT2D eigenvalue weighted by atomic mass is 16.6. The van der Waals surface area contributed by atoms with E-state index in [1.54, 1.807) is 0 Å². The van der Waals surface area contributed by atoms with Crippen molar-refractivity contribution in [2.45, 2.75) is 219 Å². The summed E-state index contributed by atoms with van der Waals surface area (Å²) in [7, 11) is 0. The van der Waals surface area contributed by atoms with Crippen molar-refractivity contribution < 1.29 is 28.6 Å². The van der Waals surface area contributed by atoms with Gasteiger partial charge in [0.15, 0.2) is 6.10 Å². The average Bonchev–Trinajstić information content (AvgIpc) is 3.21. The van der Waals surface area contributed by atoms with Crippen LogP contribution in [0.5, 0.6) is 0 Å². The second-order valence-corrected chi connectivity index (χ2v) is 15.3. The Kier molecular flexibility index (Phi) is 43.0. The maximum atomic E-state index is 12.7. The van der Waals surface area contributed by atoms with Gasteiger partial charge in [-0.1, -0.05) is 177 Å². The van der Waals surface area contributed by atoms with Crippen LogP contribution < -0.4 is 0 Å². The lowest BCUT2D eigenvalue weighted by Gasteiger charge is -2.18. The Morgan fingerprint density at radius 1 is 0.368 bits per heavy atom. The zero-order valence-electron chi connectivity index (χ0n) is 37.1. The first-order valence-corrected chi connectivity index (χ1v) is 23.4. The summed E-state index contributed by atoms with van der Waals surface area (Å²) in [6.45, 7) is 6.41. The van der Waals surface area contributed by atoms with Crippen molar-refractivity contribution in [3.63, 3.8) is 0 Å². The van der Waals surface area contributed by atoms with Crippen molar-refractivity contribution in [1.29, 1.82) is 0 Å². The number of unbranched alkanes of at least 4 members (excludes halogenated alkanes) is 18. The molecule has 0 heterocycles. The van der Waals surface area contributed by atoms with E-state index in [9.17, 15) is 14.4 Å². The summed E-state index contributed by atoms with van der Waals surface area (Å²) in [6, 6.07) is 0. The Morgan fingerprint density at radius 2 is 0.684 bits per heavy atom. The van der Waals surface area contributed by atoms with Gasteiger partial charge in [0.05, 0.1) is 0 Å². The van der Waals surface area contributed by atoms with E-state index in [4.69, 9.17) is 14.2 Å². The second-order valence-electron chi connectivity index (χ2n) is 15.3. The molecule has 0 aromatic rings. The highest BCUT2D eigenvalue weighted by Gasteiger charge is 2.19. The van der Waals surface area contributed by atoms with Crippen molar-refractivity contribution in [2.75, 3.05) is 13.2 Å². The van der Waals surface area contributed by atoms with Gasteiger partial charge in [-0.05, 0) is 89.9 Å². The van der Waals surface area contributed by atoms with Gasteiger partial charge in [-0.2, -0.15) is 0 Å². The van der Waals surface area contributed by atoms with Crippen LogP contribution in [0.15, 0.2) is 72.9 Å². The molecule has 0 radical (unpaired) electrons. The largest absolute Gasteiger partial charge is 0.462 e. The Hall–Kier alpha value is -3.15. The van der Waals surface area contributed by atoms with Gasteiger partial charge in [0.1, 0.15) is 13.2 Å². The van der Waals surface area contributed by atoms with Crippen molar-refractivity contribution in [3.05, 3.63) is 72.9 Å². The van der Waals surface area contributed by atoms with Gasteiger partial charge >= 0.3 is 17.9 Å². The highest BCUT2D eigenvalue weighted by Crippen LogP contribution is 2.13. The zero-order valence-corrected chi connectivity index (χ0v) is 37.1. The Labute approximate surface area is 351 Å². The number of ether oxygens (including phenoxy) is 3. The van der Waals surface area contributed by atoms with Crippen LogP contribution >= 0.6 is 0 Å². The lowest BCUT2D eigenvalue weighted by molar-refractivity contribution is -0.167. The van der Waals surface area contributed by atoms with Crippen molar-refractivity contribution in [2.24, 2.45) is 0 Å². The number of carbonyl (C=O) groups excluding carboxylic acids is 3. The first-order valence-electron chi connectivity index (χ1n) is 23.4. The number of rotatable bonds is 41. The summed E-state index contributed by atoms with van der Waals surface area (Å²) < 4.78 is 16.6. The summed E-state index contributed by atoms with van der Waals surface area (Å²) in [5, 5.41) is 0.